The maximum atomic E-state index is 5.66. The van der Waals surface area contributed by atoms with E-state index in [0.29, 0.717) is 5.92 Å². The monoisotopic (exact) mass is 340 g/mol. The third-order valence-electron chi connectivity index (χ3n) is 4.83. The zero-order valence-electron chi connectivity index (χ0n) is 14.7. The van der Waals surface area contributed by atoms with E-state index in [4.69, 9.17) is 9.52 Å². The average Bonchev–Trinajstić information content (AvgIpc) is 3.18. The van der Waals surface area contributed by atoms with Gasteiger partial charge in [-0.25, -0.2) is 0 Å². The summed E-state index contributed by atoms with van der Waals surface area (Å²) in [6.45, 7) is 7.00. The first kappa shape index (κ1) is 16.1. The van der Waals surface area contributed by atoms with Crippen molar-refractivity contribution in [2.45, 2.75) is 38.6 Å². The fourth-order valence-corrected chi connectivity index (χ4v) is 3.25. The van der Waals surface area contributed by atoms with Gasteiger partial charge in [0.25, 0.3) is 0 Å². The van der Waals surface area contributed by atoms with Crippen molar-refractivity contribution in [1.82, 2.24) is 24.7 Å². The molecule has 7 nitrogen and oxygen atoms in total. The fourth-order valence-electron chi connectivity index (χ4n) is 3.25. The Morgan fingerprint density at radius 2 is 2.08 bits per heavy atom. The van der Waals surface area contributed by atoms with Gasteiger partial charge in [0.2, 0.25) is 0 Å². The fraction of sp³-hybridized carbons (Fsp3) is 0.500. The lowest BCUT2D eigenvalue weighted by atomic mass is 10.2. The van der Waals surface area contributed by atoms with Gasteiger partial charge in [0.1, 0.15) is 11.6 Å². The maximum Gasteiger partial charge on any atom is 0.178 e. The molecule has 0 aliphatic heterocycles. The van der Waals surface area contributed by atoms with Crippen molar-refractivity contribution < 1.29 is 4.42 Å². The Labute approximate surface area is 147 Å². The quantitative estimate of drug-likeness (QED) is 0.679. The molecule has 0 saturated heterocycles. The molecule has 1 atom stereocenters. The van der Waals surface area contributed by atoms with E-state index in [2.05, 4.69) is 34.3 Å². The van der Waals surface area contributed by atoms with Gasteiger partial charge in [0.05, 0.1) is 12.3 Å². The lowest BCUT2D eigenvalue weighted by molar-refractivity contribution is 0.201. The van der Waals surface area contributed by atoms with E-state index in [9.17, 15) is 0 Å². The third-order valence-corrected chi connectivity index (χ3v) is 4.83. The lowest BCUT2D eigenvalue weighted by Gasteiger charge is -2.28. The summed E-state index contributed by atoms with van der Waals surface area (Å²) in [4.78, 5) is 2.37. The van der Waals surface area contributed by atoms with Gasteiger partial charge in [-0.1, -0.05) is 13.8 Å². The summed E-state index contributed by atoms with van der Waals surface area (Å²) in [7, 11) is 0. The van der Waals surface area contributed by atoms with Gasteiger partial charge in [-0.2, -0.15) is 4.52 Å². The van der Waals surface area contributed by atoms with E-state index in [-0.39, 0.29) is 6.04 Å². The minimum atomic E-state index is 0.173. The van der Waals surface area contributed by atoms with E-state index >= 15 is 0 Å². The number of fused-ring (bicyclic) bond motifs is 1. The molecule has 4 rings (SSSR count). The van der Waals surface area contributed by atoms with Crippen molar-refractivity contribution in [3.8, 4) is 0 Å². The summed E-state index contributed by atoms with van der Waals surface area (Å²) in [5.41, 5.74) is 0.804. The van der Waals surface area contributed by atoms with Crippen LogP contribution in [-0.4, -0.2) is 44.3 Å². The molecule has 0 spiro atoms. The Bertz CT molecular complexity index is 819. The minimum absolute atomic E-state index is 0.173. The standard InChI is InChI=1S/C18H24N6O/c1-3-23(4-2)14(15-6-5-11-25-15)12-19-16-9-10-17-20-21-18(13-7-8-13)24(17)22-16/h5-6,9-11,13-14H,3-4,7-8,12H2,1-2H3,(H,19,22)/t14-/m0/s1. The Kier molecular flexibility index (Phi) is 4.40. The summed E-state index contributed by atoms with van der Waals surface area (Å²) < 4.78 is 7.53. The molecule has 0 radical (unpaired) electrons. The van der Waals surface area contributed by atoms with E-state index in [0.717, 1.165) is 42.7 Å². The van der Waals surface area contributed by atoms with E-state index < -0.39 is 0 Å². The number of nitrogens with zero attached hydrogens (tertiary/aromatic N) is 5. The highest BCUT2D eigenvalue weighted by atomic mass is 16.3. The molecule has 3 aromatic heterocycles. The molecular formula is C18H24N6O. The largest absolute Gasteiger partial charge is 0.468 e. The van der Waals surface area contributed by atoms with Gasteiger partial charge in [-0.15, -0.1) is 15.3 Å². The van der Waals surface area contributed by atoms with Crippen LogP contribution >= 0.6 is 0 Å². The SMILES string of the molecule is CCN(CC)[C@@H](CNc1ccc2nnc(C3CC3)n2n1)c1ccco1. The van der Waals surface area contributed by atoms with Crippen LogP contribution in [0.1, 0.15) is 50.2 Å². The number of aromatic nitrogens is 4. The molecule has 25 heavy (non-hydrogen) atoms. The Morgan fingerprint density at radius 3 is 2.76 bits per heavy atom. The number of rotatable bonds is 8. The molecule has 1 N–H and O–H groups in total. The third kappa shape index (κ3) is 3.24. The number of anilines is 1. The molecule has 132 valence electrons. The van der Waals surface area contributed by atoms with Crippen LogP contribution in [0.2, 0.25) is 0 Å². The predicted octanol–water partition coefficient (Wildman–Crippen LogP) is 3.09. The normalized spacial score (nSPS) is 15.8. The number of hydrogen-bond acceptors (Lipinski definition) is 6. The second-order valence-corrected chi connectivity index (χ2v) is 6.45. The highest BCUT2D eigenvalue weighted by Gasteiger charge is 2.29. The second-order valence-electron chi connectivity index (χ2n) is 6.45. The van der Waals surface area contributed by atoms with Crippen molar-refractivity contribution in [2.75, 3.05) is 25.0 Å². The number of hydrogen-bond donors (Lipinski definition) is 1. The van der Waals surface area contributed by atoms with Crippen molar-refractivity contribution in [3.63, 3.8) is 0 Å². The van der Waals surface area contributed by atoms with Gasteiger partial charge >= 0.3 is 0 Å². The molecule has 1 aliphatic rings. The van der Waals surface area contributed by atoms with Crippen LogP contribution in [0, 0.1) is 0 Å². The summed E-state index contributed by atoms with van der Waals surface area (Å²) in [6.07, 6.45) is 4.10. The Balaban J connectivity index is 1.54. The summed E-state index contributed by atoms with van der Waals surface area (Å²) in [5.74, 6) is 3.30. The van der Waals surface area contributed by atoms with Gasteiger partial charge in [0, 0.05) is 12.5 Å². The molecular weight excluding hydrogens is 316 g/mol. The van der Waals surface area contributed by atoms with Crippen LogP contribution in [0.4, 0.5) is 5.82 Å². The topological polar surface area (TPSA) is 71.5 Å². The molecule has 7 heteroatoms. The molecule has 0 bridgehead atoms. The van der Waals surface area contributed by atoms with Gasteiger partial charge < -0.3 is 9.73 Å². The molecule has 1 aliphatic carbocycles. The zero-order chi connectivity index (χ0) is 17.2. The smallest absolute Gasteiger partial charge is 0.178 e. The van der Waals surface area contributed by atoms with Gasteiger partial charge in [-0.3, -0.25) is 4.90 Å². The summed E-state index contributed by atoms with van der Waals surface area (Å²) in [6, 6.07) is 8.07. The number of nitrogens with one attached hydrogen (secondary N) is 1. The highest BCUT2D eigenvalue weighted by molar-refractivity contribution is 5.44. The van der Waals surface area contributed by atoms with Crippen LogP contribution < -0.4 is 5.32 Å². The predicted molar refractivity (Wildman–Crippen MR) is 95.6 cm³/mol. The van der Waals surface area contributed by atoms with Crippen LogP contribution in [0.15, 0.2) is 34.9 Å². The average molecular weight is 340 g/mol. The van der Waals surface area contributed by atoms with Crippen molar-refractivity contribution >= 4 is 11.5 Å². The zero-order valence-corrected chi connectivity index (χ0v) is 14.7. The van der Waals surface area contributed by atoms with Crippen LogP contribution in [0.3, 0.4) is 0 Å². The van der Waals surface area contributed by atoms with Crippen molar-refractivity contribution in [2.24, 2.45) is 0 Å². The second kappa shape index (κ2) is 6.84. The maximum absolute atomic E-state index is 5.66. The first-order valence-corrected chi connectivity index (χ1v) is 9.03. The Morgan fingerprint density at radius 1 is 1.24 bits per heavy atom. The van der Waals surface area contributed by atoms with Gasteiger partial charge in [0.15, 0.2) is 11.5 Å². The molecule has 0 aromatic carbocycles. The lowest BCUT2D eigenvalue weighted by Crippen LogP contribution is -2.33. The van der Waals surface area contributed by atoms with Crippen molar-refractivity contribution in [3.05, 3.63) is 42.1 Å². The van der Waals surface area contributed by atoms with Gasteiger partial charge in [-0.05, 0) is 50.2 Å². The van der Waals surface area contributed by atoms with Crippen LogP contribution in [-0.2, 0) is 0 Å². The summed E-state index contributed by atoms with van der Waals surface area (Å²) >= 11 is 0. The van der Waals surface area contributed by atoms with E-state index in [1.54, 1.807) is 6.26 Å². The first-order valence-electron chi connectivity index (χ1n) is 9.03. The van der Waals surface area contributed by atoms with E-state index in [1.165, 1.54) is 12.8 Å². The van der Waals surface area contributed by atoms with Crippen LogP contribution in [0.5, 0.6) is 0 Å². The van der Waals surface area contributed by atoms with Crippen LogP contribution in [0.25, 0.3) is 5.65 Å². The first-order chi connectivity index (χ1) is 12.3. The molecule has 0 unspecified atom stereocenters. The van der Waals surface area contributed by atoms with E-state index in [1.807, 2.05) is 28.8 Å². The number of likely N-dealkylation sites (N-methyl/N-ethyl adjacent to an activating group) is 1. The molecule has 3 heterocycles. The molecule has 3 aromatic rings. The number of furan rings is 1. The highest BCUT2D eigenvalue weighted by Crippen LogP contribution is 2.38. The molecule has 0 amide bonds. The van der Waals surface area contributed by atoms with Crippen molar-refractivity contribution in [1.29, 1.82) is 0 Å². The Hall–Kier alpha value is -2.41. The minimum Gasteiger partial charge on any atom is -0.468 e. The molecule has 1 fully saturated rings. The molecule has 1 saturated carbocycles. The summed E-state index contributed by atoms with van der Waals surface area (Å²) in [5, 5.41) is 16.7.